The van der Waals surface area contributed by atoms with E-state index in [0.29, 0.717) is 17.7 Å². The van der Waals surface area contributed by atoms with Gasteiger partial charge in [-0.25, -0.2) is 4.79 Å². The number of carbonyl (C=O) groups excluding carboxylic acids is 5. The zero-order valence-electron chi connectivity index (χ0n) is 28.9. The van der Waals surface area contributed by atoms with Crippen LogP contribution in [0.2, 0.25) is 0 Å². The Labute approximate surface area is 301 Å². The van der Waals surface area contributed by atoms with Crippen LogP contribution in [0, 0.1) is 5.92 Å². The number of hydrogen-bond acceptors (Lipinski definition) is 9. The van der Waals surface area contributed by atoms with Crippen molar-refractivity contribution in [3.63, 3.8) is 0 Å². The van der Waals surface area contributed by atoms with Crippen molar-refractivity contribution in [1.82, 2.24) is 26.6 Å². The van der Waals surface area contributed by atoms with Crippen molar-refractivity contribution >= 4 is 53.2 Å². The van der Waals surface area contributed by atoms with Gasteiger partial charge in [0, 0.05) is 6.42 Å². The van der Waals surface area contributed by atoms with Crippen molar-refractivity contribution in [3.8, 4) is 0 Å². The zero-order chi connectivity index (χ0) is 37.9. The van der Waals surface area contributed by atoms with E-state index in [1.54, 1.807) is 62.6 Å². The molecule has 0 aliphatic heterocycles. The largest absolute Gasteiger partial charge is 0.481 e. The smallest absolute Gasteiger partial charge is 0.326 e. The molecular weight excluding hydrogens is 680 g/mol. The van der Waals surface area contributed by atoms with Gasteiger partial charge >= 0.3 is 11.9 Å². The number of amides is 5. The van der Waals surface area contributed by atoms with Crippen LogP contribution in [0.3, 0.4) is 0 Å². The lowest BCUT2D eigenvalue weighted by Crippen LogP contribution is -2.60. The molecule has 6 atom stereocenters. The Hall–Kier alpha value is -4.96. The number of hydrogen-bond donors (Lipinski definition) is 8. The van der Waals surface area contributed by atoms with Crippen LogP contribution in [-0.4, -0.2) is 100 Å². The first kappa shape index (κ1) is 42.2. The fourth-order valence-electron chi connectivity index (χ4n) is 4.93. The highest BCUT2D eigenvalue weighted by Crippen LogP contribution is 2.11. The summed E-state index contributed by atoms with van der Waals surface area (Å²) in [6.07, 6.45) is 1.70. The van der Waals surface area contributed by atoms with Gasteiger partial charge in [-0.2, -0.15) is 11.8 Å². The minimum Gasteiger partial charge on any atom is -0.481 e. The maximum absolute atomic E-state index is 13.6. The molecule has 5 amide bonds. The third-order valence-electron chi connectivity index (χ3n) is 8.02. The average Bonchev–Trinajstić information content (AvgIpc) is 3.10. The second-order valence-electron chi connectivity index (χ2n) is 12.0. The van der Waals surface area contributed by atoms with Gasteiger partial charge in [-0.1, -0.05) is 80.9 Å². The summed E-state index contributed by atoms with van der Waals surface area (Å²) < 4.78 is 0. The van der Waals surface area contributed by atoms with E-state index in [4.69, 9.17) is 5.73 Å². The van der Waals surface area contributed by atoms with Gasteiger partial charge in [-0.05, 0) is 41.9 Å². The van der Waals surface area contributed by atoms with Crippen molar-refractivity contribution in [2.75, 3.05) is 18.6 Å². The normalized spacial score (nSPS) is 14.4. The molecule has 0 aliphatic rings. The lowest BCUT2D eigenvalue weighted by molar-refractivity contribution is -0.142. The van der Waals surface area contributed by atoms with Gasteiger partial charge in [-0.15, -0.1) is 0 Å². The molecule has 2 aromatic rings. The zero-order valence-corrected chi connectivity index (χ0v) is 29.7. The molecule has 0 unspecified atom stereocenters. The molecule has 9 N–H and O–H groups in total. The highest BCUT2D eigenvalue weighted by Gasteiger charge is 2.34. The molecule has 15 nitrogen and oxygen atoms in total. The molecule has 0 spiro atoms. The summed E-state index contributed by atoms with van der Waals surface area (Å²) in [5, 5.41) is 31.3. The monoisotopic (exact) mass is 728 g/mol. The van der Waals surface area contributed by atoms with Crippen LogP contribution in [0.25, 0.3) is 0 Å². The van der Waals surface area contributed by atoms with Gasteiger partial charge in [0.05, 0.1) is 19.0 Å². The molecule has 0 bridgehead atoms. The third-order valence-corrected chi connectivity index (χ3v) is 8.67. The highest BCUT2D eigenvalue weighted by molar-refractivity contribution is 7.98. The number of carboxylic acid groups (broad SMARTS) is 2. The first-order valence-corrected chi connectivity index (χ1v) is 17.9. The number of nitrogens with two attached hydrogens (primary N) is 1. The van der Waals surface area contributed by atoms with E-state index < -0.39 is 90.6 Å². The summed E-state index contributed by atoms with van der Waals surface area (Å²) in [6.45, 7) is 2.90. The second-order valence-corrected chi connectivity index (χ2v) is 13.0. The summed E-state index contributed by atoms with van der Waals surface area (Å²) >= 11 is 1.41. The lowest BCUT2D eigenvalue weighted by Gasteiger charge is -2.28. The molecule has 51 heavy (non-hydrogen) atoms. The van der Waals surface area contributed by atoms with E-state index in [9.17, 15) is 43.8 Å². The van der Waals surface area contributed by atoms with E-state index in [1.165, 1.54) is 11.8 Å². The predicted molar refractivity (Wildman–Crippen MR) is 191 cm³/mol. The molecule has 278 valence electrons. The predicted octanol–water partition coefficient (Wildman–Crippen LogP) is 0.213. The third kappa shape index (κ3) is 15.2. The maximum atomic E-state index is 13.6. The molecule has 0 saturated carbocycles. The molecule has 0 radical (unpaired) electrons. The van der Waals surface area contributed by atoms with Crippen LogP contribution < -0.4 is 32.3 Å². The average molecular weight is 729 g/mol. The molecule has 0 aliphatic carbocycles. The number of nitrogens with one attached hydrogen (secondary N) is 5. The second kappa shape index (κ2) is 22.0. The topological polar surface area (TPSA) is 246 Å². The number of carboxylic acids is 2. The van der Waals surface area contributed by atoms with Gasteiger partial charge in [0.2, 0.25) is 29.5 Å². The molecule has 16 heteroatoms. The molecule has 0 aromatic heterocycles. The molecule has 0 saturated heterocycles. The number of carbonyl (C=O) groups is 7. The number of thioether (sulfide) groups is 1. The summed E-state index contributed by atoms with van der Waals surface area (Å²) in [5.41, 5.74) is 7.56. The minimum atomic E-state index is -1.65. The van der Waals surface area contributed by atoms with Crippen LogP contribution in [-0.2, 0) is 46.4 Å². The Bertz CT molecular complexity index is 1480. The van der Waals surface area contributed by atoms with Crippen LogP contribution in [0.1, 0.15) is 44.2 Å². The molecule has 2 rings (SSSR count). The van der Waals surface area contributed by atoms with E-state index in [0.717, 1.165) is 5.56 Å². The van der Waals surface area contributed by atoms with Crippen molar-refractivity contribution in [2.45, 2.75) is 76.2 Å². The van der Waals surface area contributed by atoms with Gasteiger partial charge in [0.15, 0.2) is 0 Å². The molecule has 2 aromatic carbocycles. The quantitative estimate of drug-likeness (QED) is 0.0815. The minimum absolute atomic E-state index is 0.0654. The Kier molecular flexibility index (Phi) is 18.2. The van der Waals surface area contributed by atoms with Gasteiger partial charge in [-0.3, -0.25) is 28.8 Å². The summed E-state index contributed by atoms with van der Waals surface area (Å²) in [6, 6.07) is 11.3. The van der Waals surface area contributed by atoms with Gasteiger partial charge in [0.25, 0.3) is 0 Å². The summed E-state index contributed by atoms with van der Waals surface area (Å²) in [5.74, 6) is -6.60. The first-order valence-electron chi connectivity index (χ1n) is 16.5. The van der Waals surface area contributed by atoms with Gasteiger partial charge < -0.3 is 42.5 Å². The van der Waals surface area contributed by atoms with E-state index in [1.807, 2.05) is 18.2 Å². The fraction of sp³-hybridized carbons (Fsp3) is 0.457. The van der Waals surface area contributed by atoms with E-state index in [2.05, 4.69) is 26.6 Å². The standard InChI is InChI=1S/C35H48N6O9S/c1-4-21(2)30(41-31(45)24(36)17-22-11-7-5-8-12-22)34(48)40-27(19-29(43)44)33(47)39-26(18-23-13-9-6-10-14-23)32(46)37-20-28(42)38-25(35(49)50)15-16-51-3/h5-14,21,24-27,30H,4,15-20,36H2,1-3H3,(H,37,46)(H,38,42)(H,39,47)(H,40,48)(H,41,45)(H,43,44)(H,49,50)/t21-,24-,25-,26-,27-,30-/m0/s1. The Morgan fingerprint density at radius 1 is 0.725 bits per heavy atom. The Morgan fingerprint density at radius 3 is 1.82 bits per heavy atom. The van der Waals surface area contributed by atoms with Crippen LogP contribution in [0.5, 0.6) is 0 Å². The lowest BCUT2D eigenvalue weighted by atomic mass is 9.96. The number of aliphatic carboxylic acids is 2. The fourth-order valence-corrected chi connectivity index (χ4v) is 5.40. The SMILES string of the molecule is CC[C@H](C)[C@H](NC(=O)[C@@H](N)Cc1ccccc1)C(=O)N[C@@H](CC(=O)O)C(=O)N[C@@H](Cc1ccccc1)C(=O)NCC(=O)N[C@@H](CCSC)C(=O)O. The van der Waals surface area contributed by atoms with Crippen molar-refractivity contribution in [2.24, 2.45) is 11.7 Å². The van der Waals surface area contributed by atoms with Crippen molar-refractivity contribution in [1.29, 1.82) is 0 Å². The Morgan fingerprint density at radius 2 is 1.29 bits per heavy atom. The van der Waals surface area contributed by atoms with Crippen LogP contribution in [0.15, 0.2) is 60.7 Å². The number of benzene rings is 2. The Balaban J connectivity index is 2.21. The highest BCUT2D eigenvalue weighted by atomic mass is 32.2. The maximum Gasteiger partial charge on any atom is 0.326 e. The van der Waals surface area contributed by atoms with E-state index >= 15 is 0 Å². The molecular formula is C35H48N6O9S. The number of rotatable bonds is 22. The van der Waals surface area contributed by atoms with Crippen LogP contribution >= 0.6 is 11.8 Å². The van der Waals surface area contributed by atoms with Gasteiger partial charge in [0.1, 0.15) is 24.2 Å². The summed E-state index contributed by atoms with van der Waals surface area (Å²) in [7, 11) is 0. The van der Waals surface area contributed by atoms with E-state index in [-0.39, 0.29) is 19.3 Å². The first-order chi connectivity index (χ1) is 24.2. The van der Waals surface area contributed by atoms with Crippen molar-refractivity contribution in [3.05, 3.63) is 71.8 Å². The van der Waals surface area contributed by atoms with Crippen molar-refractivity contribution < 1.29 is 43.8 Å². The summed E-state index contributed by atoms with van der Waals surface area (Å²) in [4.78, 5) is 89.2. The van der Waals surface area contributed by atoms with Crippen LogP contribution in [0.4, 0.5) is 0 Å². The molecule has 0 fully saturated rings. The molecule has 0 heterocycles.